The van der Waals surface area contributed by atoms with Crippen LogP contribution in [0.25, 0.3) is 0 Å². The molecule has 2 rings (SSSR count). The number of hydrogen-bond donors (Lipinski definition) is 1. The van der Waals surface area contributed by atoms with Crippen LogP contribution in [-0.2, 0) is 6.42 Å². The lowest BCUT2D eigenvalue weighted by atomic mass is 10.1. The van der Waals surface area contributed by atoms with Gasteiger partial charge in [0.2, 0.25) is 0 Å². The molecule has 0 bridgehead atoms. The van der Waals surface area contributed by atoms with Crippen LogP contribution in [-0.4, -0.2) is 4.98 Å². The van der Waals surface area contributed by atoms with Crippen LogP contribution in [0.4, 0.5) is 5.69 Å². The number of aryl methyl sites for hydroxylation is 1. The summed E-state index contributed by atoms with van der Waals surface area (Å²) in [5.74, 6) is 0. The molecule has 10 heavy (non-hydrogen) atoms. The van der Waals surface area contributed by atoms with Gasteiger partial charge in [-0.15, -0.1) is 0 Å². The number of hydrogen-bond acceptors (Lipinski definition) is 2. The van der Waals surface area contributed by atoms with Crippen LogP contribution in [0, 0.1) is 6.54 Å². The quantitative estimate of drug-likeness (QED) is 0.578. The van der Waals surface area contributed by atoms with Gasteiger partial charge in [0.05, 0.1) is 6.54 Å². The zero-order valence-electron chi connectivity index (χ0n) is 5.59. The van der Waals surface area contributed by atoms with Crippen molar-refractivity contribution in [3.8, 4) is 0 Å². The molecule has 2 heteroatoms. The van der Waals surface area contributed by atoms with Gasteiger partial charge < -0.3 is 5.32 Å². The molecule has 0 aliphatic carbocycles. The van der Waals surface area contributed by atoms with Crippen molar-refractivity contribution in [1.82, 2.24) is 4.98 Å². The molecule has 2 heterocycles. The first kappa shape index (κ1) is 5.71. The van der Waals surface area contributed by atoms with E-state index in [9.17, 15) is 0 Å². The number of fused-ring (bicyclic) bond motifs is 1. The van der Waals surface area contributed by atoms with Gasteiger partial charge in [-0.1, -0.05) is 0 Å². The maximum atomic E-state index is 4.03. The third kappa shape index (κ3) is 0.856. The molecule has 1 aliphatic heterocycles. The highest BCUT2D eigenvalue weighted by molar-refractivity contribution is 5.52. The van der Waals surface area contributed by atoms with E-state index in [2.05, 4.69) is 16.8 Å². The Morgan fingerprint density at radius 1 is 1.60 bits per heavy atom. The van der Waals surface area contributed by atoms with Crippen LogP contribution in [0.5, 0.6) is 0 Å². The summed E-state index contributed by atoms with van der Waals surface area (Å²) in [6.45, 7) is 3.06. The molecule has 0 unspecified atom stereocenters. The van der Waals surface area contributed by atoms with Gasteiger partial charge in [-0.25, -0.2) is 0 Å². The summed E-state index contributed by atoms with van der Waals surface area (Å²) in [6, 6.07) is 1.97. The second-order valence-corrected chi connectivity index (χ2v) is 2.33. The Hall–Kier alpha value is -1.05. The normalized spacial score (nSPS) is 15.6. The minimum atomic E-state index is 0.985. The van der Waals surface area contributed by atoms with Crippen molar-refractivity contribution in [3.63, 3.8) is 0 Å². The van der Waals surface area contributed by atoms with E-state index in [0.29, 0.717) is 0 Å². The van der Waals surface area contributed by atoms with Crippen molar-refractivity contribution in [2.45, 2.75) is 12.8 Å². The number of pyridine rings is 1. The van der Waals surface area contributed by atoms with Gasteiger partial charge in [-0.2, -0.15) is 0 Å². The van der Waals surface area contributed by atoms with E-state index in [1.54, 1.807) is 6.20 Å². The first-order chi connectivity index (χ1) is 4.97. The highest BCUT2D eigenvalue weighted by Gasteiger charge is 2.06. The summed E-state index contributed by atoms with van der Waals surface area (Å²) in [7, 11) is 0. The van der Waals surface area contributed by atoms with Crippen LogP contribution in [0.15, 0.2) is 18.5 Å². The Morgan fingerprint density at radius 2 is 2.60 bits per heavy atom. The lowest BCUT2D eigenvalue weighted by Crippen LogP contribution is -2.06. The summed E-state index contributed by atoms with van der Waals surface area (Å²) in [6.07, 6.45) is 5.75. The predicted octanol–water partition coefficient (Wildman–Crippen LogP) is 1.48. The second-order valence-electron chi connectivity index (χ2n) is 2.33. The Morgan fingerprint density at radius 3 is 3.50 bits per heavy atom. The number of nitrogens with one attached hydrogen (secondary N) is 1. The molecule has 1 N–H and O–H groups in total. The molecular formula is C8H8N2. The maximum Gasteiger partial charge on any atom is 0.0883 e. The van der Waals surface area contributed by atoms with Crippen LogP contribution in [0.2, 0.25) is 0 Å². The molecule has 0 saturated heterocycles. The fraction of sp³-hybridized carbons (Fsp3) is 0.250. The minimum Gasteiger partial charge on any atom is -0.374 e. The monoisotopic (exact) mass is 132 g/mol. The second kappa shape index (κ2) is 2.29. The van der Waals surface area contributed by atoms with E-state index in [-0.39, 0.29) is 0 Å². The standard InChI is InChI=1S/C8H8N2/c1-2-7-6-9-5-3-8(7)10-4-1/h3,5-6,10H,1-2H2. The highest BCUT2D eigenvalue weighted by Crippen LogP contribution is 2.20. The summed E-state index contributed by atoms with van der Waals surface area (Å²) in [5, 5.41) is 3.07. The number of nitrogens with zero attached hydrogens (tertiary/aromatic N) is 1. The van der Waals surface area contributed by atoms with Crippen molar-refractivity contribution in [2.24, 2.45) is 0 Å². The first-order valence-electron chi connectivity index (χ1n) is 3.38. The molecule has 0 amide bonds. The molecule has 0 spiro atoms. The molecule has 0 fully saturated rings. The Balaban J connectivity index is 2.41. The van der Waals surface area contributed by atoms with Gasteiger partial charge in [0.25, 0.3) is 0 Å². The van der Waals surface area contributed by atoms with Crippen LogP contribution >= 0.6 is 0 Å². The fourth-order valence-corrected chi connectivity index (χ4v) is 1.10. The van der Waals surface area contributed by atoms with Crippen LogP contribution < -0.4 is 5.32 Å². The van der Waals surface area contributed by atoms with E-state index in [1.807, 2.05) is 12.3 Å². The molecule has 2 radical (unpaired) electrons. The van der Waals surface area contributed by atoms with Crippen molar-refractivity contribution >= 4 is 5.69 Å². The van der Waals surface area contributed by atoms with Crippen molar-refractivity contribution in [2.75, 3.05) is 5.32 Å². The minimum absolute atomic E-state index is 0.985. The van der Waals surface area contributed by atoms with Crippen LogP contribution in [0.3, 0.4) is 0 Å². The summed E-state index contributed by atoms with van der Waals surface area (Å²) in [5.41, 5.74) is 2.45. The number of anilines is 1. The van der Waals surface area contributed by atoms with Crippen molar-refractivity contribution in [1.29, 1.82) is 0 Å². The molecule has 1 aliphatic rings. The Labute approximate surface area is 60.3 Å². The number of rotatable bonds is 0. The van der Waals surface area contributed by atoms with E-state index >= 15 is 0 Å². The molecule has 50 valence electrons. The highest BCUT2D eigenvalue weighted by atomic mass is 14.9. The van der Waals surface area contributed by atoms with Gasteiger partial charge in [-0.05, 0) is 24.5 Å². The predicted molar refractivity (Wildman–Crippen MR) is 39.4 cm³/mol. The summed E-state index contributed by atoms with van der Waals surface area (Å²) < 4.78 is 0. The molecule has 1 aromatic rings. The van der Waals surface area contributed by atoms with Gasteiger partial charge >= 0.3 is 0 Å². The average molecular weight is 132 g/mol. The third-order valence-corrected chi connectivity index (χ3v) is 1.65. The zero-order valence-corrected chi connectivity index (χ0v) is 5.59. The summed E-state index contributed by atoms with van der Waals surface area (Å²) in [4.78, 5) is 4.03. The lowest BCUT2D eigenvalue weighted by Gasteiger charge is -2.14. The van der Waals surface area contributed by atoms with Gasteiger partial charge in [0.1, 0.15) is 0 Å². The van der Waals surface area contributed by atoms with Gasteiger partial charge in [0.15, 0.2) is 0 Å². The third-order valence-electron chi connectivity index (χ3n) is 1.65. The zero-order chi connectivity index (χ0) is 6.81. The SMILES string of the molecule is [C]1CCc2cnccc2N1. The van der Waals surface area contributed by atoms with Crippen molar-refractivity contribution in [3.05, 3.63) is 30.6 Å². The Kier molecular flexibility index (Phi) is 1.31. The Bertz CT molecular complexity index is 207. The number of aromatic nitrogens is 1. The molecular weight excluding hydrogens is 124 g/mol. The molecule has 0 saturated carbocycles. The van der Waals surface area contributed by atoms with Crippen molar-refractivity contribution < 1.29 is 0 Å². The molecule has 1 aromatic heterocycles. The smallest absolute Gasteiger partial charge is 0.0883 e. The van der Waals surface area contributed by atoms with E-state index in [1.165, 1.54) is 5.56 Å². The molecule has 0 aromatic carbocycles. The molecule has 0 atom stereocenters. The molecule has 2 nitrogen and oxygen atoms in total. The van der Waals surface area contributed by atoms with Gasteiger partial charge in [0, 0.05) is 18.1 Å². The van der Waals surface area contributed by atoms with E-state index in [0.717, 1.165) is 18.5 Å². The van der Waals surface area contributed by atoms with E-state index < -0.39 is 0 Å². The maximum absolute atomic E-state index is 4.03. The van der Waals surface area contributed by atoms with Gasteiger partial charge in [-0.3, -0.25) is 4.98 Å². The lowest BCUT2D eigenvalue weighted by molar-refractivity contribution is 0.900. The average Bonchev–Trinajstić information content (AvgIpc) is 2.05. The fourth-order valence-electron chi connectivity index (χ4n) is 1.10. The summed E-state index contributed by atoms with van der Waals surface area (Å²) >= 11 is 0. The van der Waals surface area contributed by atoms with E-state index in [4.69, 9.17) is 0 Å². The van der Waals surface area contributed by atoms with Crippen LogP contribution in [0.1, 0.15) is 12.0 Å². The largest absolute Gasteiger partial charge is 0.374 e. The topological polar surface area (TPSA) is 24.9 Å². The first-order valence-corrected chi connectivity index (χ1v) is 3.38.